The number of nitrogens with two attached hydrogens (primary N) is 2. The van der Waals surface area contributed by atoms with Gasteiger partial charge in [-0.05, 0) is 18.2 Å². The summed E-state index contributed by atoms with van der Waals surface area (Å²) in [5.74, 6) is -0.819. The van der Waals surface area contributed by atoms with E-state index in [-0.39, 0.29) is 12.5 Å². The van der Waals surface area contributed by atoms with Gasteiger partial charge in [-0.3, -0.25) is 14.3 Å². The molecule has 0 saturated heterocycles. The molecule has 0 radical (unpaired) electrons. The number of carbonyl (C=O) groups is 2. The number of hydrogen-bond acceptors (Lipinski definition) is 4. The first-order valence-corrected chi connectivity index (χ1v) is 5.52. The van der Waals surface area contributed by atoms with E-state index >= 15 is 0 Å². The molecule has 5 N–H and O–H groups in total. The van der Waals surface area contributed by atoms with Gasteiger partial charge in [-0.25, -0.2) is 0 Å². The summed E-state index contributed by atoms with van der Waals surface area (Å²) in [6, 6.07) is 6.40. The SMILES string of the molecule is NC(=O)c1cccc(NC(=O)Cn2cc(N)cn2)c1. The van der Waals surface area contributed by atoms with Crippen LogP contribution in [-0.4, -0.2) is 21.6 Å². The van der Waals surface area contributed by atoms with E-state index in [9.17, 15) is 9.59 Å². The quantitative estimate of drug-likeness (QED) is 0.727. The van der Waals surface area contributed by atoms with Gasteiger partial charge in [0.2, 0.25) is 11.8 Å². The predicted octanol–water partition coefficient (Wildman–Crippen LogP) is 0.203. The summed E-state index contributed by atoms with van der Waals surface area (Å²) in [5, 5.41) is 6.55. The average Bonchev–Trinajstić information content (AvgIpc) is 2.74. The highest BCUT2D eigenvalue weighted by Gasteiger charge is 2.06. The molecule has 98 valence electrons. The van der Waals surface area contributed by atoms with E-state index in [0.717, 1.165) is 0 Å². The highest BCUT2D eigenvalue weighted by Crippen LogP contribution is 2.10. The highest BCUT2D eigenvalue weighted by molar-refractivity contribution is 5.96. The third-order valence-electron chi connectivity index (χ3n) is 2.39. The molecule has 1 aromatic carbocycles. The van der Waals surface area contributed by atoms with Crippen molar-refractivity contribution in [1.29, 1.82) is 0 Å². The fourth-order valence-corrected chi connectivity index (χ4v) is 1.56. The molecule has 0 bridgehead atoms. The zero-order valence-electron chi connectivity index (χ0n) is 10.0. The lowest BCUT2D eigenvalue weighted by Crippen LogP contribution is -2.19. The van der Waals surface area contributed by atoms with E-state index in [1.807, 2.05) is 0 Å². The van der Waals surface area contributed by atoms with E-state index in [1.165, 1.54) is 16.9 Å². The van der Waals surface area contributed by atoms with Gasteiger partial charge < -0.3 is 16.8 Å². The normalized spacial score (nSPS) is 10.1. The fourth-order valence-electron chi connectivity index (χ4n) is 1.56. The molecule has 7 nitrogen and oxygen atoms in total. The lowest BCUT2D eigenvalue weighted by atomic mass is 10.2. The van der Waals surface area contributed by atoms with Crippen LogP contribution >= 0.6 is 0 Å². The van der Waals surface area contributed by atoms with E-state index < -0.39 is 5.91 Å². The number of amides is 2. The minimum Gasteiger partial charge on any atom is -0.396 e. The van der Waals surface area contributed by atoms with Crippen LogP contribution in [0.4, 0.5) is 11.4 Å². The van der Waals surface area contributed by atoms with Crippen LogP contribution < -0.4 is 16.8 Å². The molecule has 1 aromatic heterocycles. The molecule has 0 aliphatic carbocycles. The minimum absolute atomic E-state index is 0.0397. The first-order chi connectivity index (χ1) is 9.04. The number of nitrogens with zero attached hydrogens (tertiary/aromatic N) is 2. The number of nitrogen functional groups attached to an aromatic ring is 1. The van der Waals surface area contributed by atoms with Crippen molar-refractivity contribution in [3.8, 4) is 0 Å². The van der Waals surface area contributed by atoms with E-state index in [2.05, 4.69) is 10.4 Å². The summed E-state index contributed by atoms with van der Waals surface area (Å²) < 4.78 is 1.42. The van der Waals surface area contributed by atoms with Crippen molar-refractivity contribution in [3.05, 3.63) is 42.2 Å². The van der Waals surface area contributed by atoms with Gasteiger partial charge in [-0.15, -0.1) is 0 Å². The lowest BCUT2D eigenvalue weighted by molar-refractivity contribution is -0.116. The Morgan fingerprint density at radius 3 is 2.79 bits per heavy atom. The number of nitrogens with one attached hydrogen (secondary N) is 1. The Hall–Kier alpha value is -2.83. The molecule has 2 amide bonds. The Labute approximate surface area is 109 Å². The molecule has 0 aliphatic rings. The van der Waals surface area contributed by atoms with Gasteiger partial charge in [-0.2, -0.15) is 5.10 Å². The summed E-state index contributed by atoms with van der Waals surface area (Å²) >= 11 is 0. The number of hydrogen-bond donors (Lipinski definition) is 3. The predicted molar refractivity (Wildman–Crippen MR) is 70.2 cm³/mol. The maximum Gasteiger partial charge on any atom is 0.248 e. The minimum atomic E-state index is -0.545. The first-order valence-electron chi connectivity index (χ1n) is 5.52. The number of primary amides is 1. The molecule has 0 aliphatic heterocycles. The molecule has 0 fully saturated rings. The van der Waals surface area contributed by atoms with Gasteiger partial charge in [0.1, 0.15) is 6.54 Å². The summed E-state index contributed by atoms with van der Waals surface area (Å²) in [4.78, 5) is 22.8. The molecule has 0 atom stereocenters. The Kier molecular flexibility index (Phi) is 3.46. The first kappa shape index (κ1) is 12.6. The summed E-state index contributed by atoms with van der Waals surface area (Å²) in [5.41, 5.74) is 12.0. The van der Waals surface area contributed by atoms with Crippen LogP contribution in [0.15, 0.2) is 36.7 Å². The molecule has 0 saturated carbocycles. The molecule has 19 heavy (non-hydrogen) atoms. The average molecular weight is 259 g/mol. The second-order valence-electron chi connectivity index (χ2n) is 3.96. The summed E-state index contributed by atoms with van der Waals surface area (Å²) in [6.07, 6.45) is 3.01. The van der Waals surface area contributed by atoms with Gasteiger partial charge in [0.25, 0.3) is 0 Å². The van der Waals surface area contributed by atoms with E-state index in [1.54, 1.807) is 24.4 Å². The molecule has 0 unspecified atom stereocenters. The number of anilines is 2. The fraction of sp³-hybridized carbons (Fsp3) is 0.0833. The van der Waals surface area contributed by atoms with Crippen molar-refractivity contribution < 1.29 is 9.59 Å². The van der Waals surface area contributed by atoms with Crippen LogP contribution in [0.3, 0.4) is 0 Å². The van der Waals surface area contributed by atoms with Crippen molar-refractivity contribution in [3.63, 3.8) is 0 Å². The second-order valence-corrected chi connectivity index (χ2v) is 3.96. The van der Waals surface area contributed by atoms with Gasteiger partial charge in [0, 0.05) is 17.4 Å². The summed E-state index contributed by atoms with van der Waals surface area (Å²) in [7, 11) is 0. The molecule has 2 rings (SSSR count). The van der Waals surface area contributed by atoms with Gasteiger partial charge in [0.05, 0.1) is 11.9 Å². The van der Waals surface area contributed by atoms with Crippen LogP contribution in [0.1, 0.15) is 10.4 Å². The number of aromatic nitrogens is 2. The smallest absolute Gasteiger partial charge is 0.248 e. The second kappa shape index (κ2) is 5.21. The monoisotopic (exact) mass is 259 g/mol. The zero-order chi connectivity index (χ0) is 13.8. The maximum absolute atomic E-state index is 11.7. The molecule has 1 heterocycles. The molecular formula is C12H13N5O2. The summed E-state index contributed by atoms with van der Waals surface area (Å²) in [6.45, 7) is 0.0397. The van der Waals surface area contributed by atoms with Gasteiger partial charge in [-0.1, -0.05) is 6.07 Å². The molecule has 0 spiro atoms. The van der Waals surface area contributed by atoms with Crippen molar-refractivity contribution in [2.75, 3.05) is 11.1 Å². The Morgan fingerprint density at radius 1 is 1.37 bits per heavy atom. The van der Waals surface area contributed by atoms with Gasteiger partial charge >= 0.3 is 0 Å². The van der Waals surface area contributed by atoms with Crippen LogP contribution in [0.25, 0.3) is 0 Å². The maximum atomic E-state index is 11.7. The Bertz CT molecular complexity index is 620. The van der Waals surface area contributed by atoms with E-state index in [4.69, 9.17) is 11.5 Å². The third kappa shape index (κ3) is 3.32. The van der Waals surface area contributed by atoms with Crippen molar-refractivity contribution in [2.45, 2.75) is 6.54 Å². The highest BCUT2D eigenvalue weighted by atomic mass is 16.2. The van der Waals surface area contributed by atoms with Crippen molar-refractivity contribution in [1.82, 2.24) is 9.78 Å². The van der Waals surface area contributed by atoms with E-state index in [0.29, 0.717) is 16.9 Å². The van der Waals surface area contributed by atoms with Crippen LogP contribution in [0.5, 0.6) is 0 Å². The van der Waals surface area contributed by atoms with Crippen LogP contribution in [0.2, 0.25) is 0 Å². The Morgan fingerprint density at radius 2 is 2.16 bits per heavy atom. The number of rotatable bonds is 4. The van der Waals surface area contributed by atoms with Crippen molar-refractivity contribution in [2.24, 2.45) is 5.73 Å². The van der Waals surface area contributed by atoms with Crippen LogP contribution in [0, 0.1) is 0 Å². The number of carbonyl (C=O) groups excluding carboxylic acids is 2. The third-order valence-corrected chi connectivity index (χ3v) is 2.39. The molecule has 2 aromatic rings. The lowest BCUT2D eigenvalue weighted by Gasteiger charge is -2.06. The van der Waals surface area contributed by atoms with Gasteiger partial charge in [0.15, 0.2) is 0 Å². The topological polar surface area (TPSA) is 116 Å². The molecular weight excluding hydrogens is 246 g/mol. The van der Waals surface area contributed by atoms with Crippen molar-refractivity contribution >= 4 is 23.2 Å². The molecule has 7 heteroatoms. The standard InChI is InChI=1S/C12H13N5O2/c13-9-5-15-17(6-9)7-11(18)16-10-3-1-2-8(4-10)12(14)19/h1-6H,7,13H2,(H2,14,19)(H,16,18). The number of benzene rings is 1. The largest absolute Gasteiger partial charge is 0.396 e. The zero-order valence-corrected chi connectivity index (χ0v) is 10.0. The van der Waals surface area contributed by atoms with Crippen LogP contribution in [-0.2, 0) is 11.3 Å². The Balaban J connectivity index is 2.02.